The molecule has 0 saturated carbocycles. The predicted octanol–water partition coefficient (Wildman–Crippen LogP) is 1.12. The summed E-state index contributed by atoms with van der Waals surface area (Å²) < 4.78 is 30.8. The van der Waals surface area contributed by atoms with Crippen molar-refractivity contribution in [2.24, 2.45) is 20.3 Å². The Morgan fingerprint density at radius 2 is 1.62 bits per heavy atom. The smallest absolute Gasteiger partial charge is 0.741 e. The summed E-state index contributed by atoms with van der Waals surface area (Å²) >= 11 is 9.87. The molecule has 0 heterocycles. The van der Waals surface area contributed by atoms with Gasteiger partial charge in [0.1, 0.15) is 0 Å². The number of hydrogen-bond donors (Lipinski definition) is 3. The van der Waals surface area contributed by atoms with Crippen LogP contribution in [0, 0.1) is 0 Å². The Morgan fingerprint density at radius 3 is 2.12 bits per heavy atom. The van der Waals surface area contributed by atoms with Crippen molar-refractivity contribution in [1.29, 1.82) is 0 Å². The van der Waals surface area contributed by atoms with Crippen LogP contribution in [0.4, 0.5) is 5.69 Å². The fraction of sp³-hybridized carbons (Fsp3) is 0.231. The second kappa shape index (κ2) is 11.2. The third kappa shape index (κ3) is 8.72. The molecule has 1 aromatic carbocycles. The summed E-state index contributed by atoms with van der Waals surface area (Å²) in [5.41, 5.74) is 4.13. The molecule has 0 unspecified atom stereocenters. The number of anilines is 1. The molecular weight excluding hydrogens is 450 g/mol. The molecule has 0 fully saturated rings. The van der Waals surface area contributed by atoms with E-state index in [1.165, 1.54) is 24.3 Å². The van der Waals surface area contributed by atoms with Crippen LogP contribution in [0.5, 0.6) is 0 Å². The van der Waals surface area contributed by atoms with Gasteiger partial charge in [-0.25, -0.2) is 0 Å². The second-order valence-electron chi connectivity index (χ2n) is 4.55. The molecule has 9 nitrogen and oxygen atoms in total. The zero-order valence-corrected chi connectivity index (χ0v) is 19.7. The van der Waals surface area contributed by atoms with Crippen LogP contribution in [-0.4, -0.2) is 41.8 Å². The van der Waals surface area contributed by atoms with E-state index >= 15 is 0 Å². The Bertz CT molecular complexity index is 835. The van der Waals surface area contributed by atoms with E-state index in [1.54, 1.807) is 20.9 Å². The van der Waals surface area contributed by atoms with E-state index in [0.29, 0.717) is 17.1 Å². The van der Waals surface area contributed by atoms with Gasteiger partial charge < -0.3 is 30.6 Å². The van der Waals surface area contributed by atoms with Crippen molar-refractivity contribution in [2.45, 2.75) is 18.7 Å². The van der Waals surface area contributed by atoms with Gasteiger partial charge >= 0.3 is 19.5 Å². The maximum absolute atomic E-state index is 11.0. The van der Waals surface area contributed by atoms with Gasteiger partial charge in [0.05, 0.1) is 16.3 Å². The summed E-state index contributed by atoms with van der Waals surface area (Å²) in [6, 6.07) is 5.35. The Hall–Kier alpha value is -1.53. The number of hydrazone groups is 1. The van der Waals surface area contributed by atoms with Crippen LogP contribution in [0.3, 0.4) is 0 Å². The van der Waals surface area contributed by atoms with E-state index in [1.807, 2.05) is 0 Å². The fourth-order valence-corrected chi connectivity index (χ4v) is 2.00. The maximum atomic E-state index is 11.0. The molecule has 0 radical (unpaired) electrons. The quantitative estimate of drug-likeness (QED) is 0.148. The van der Waals surface area contributed by atoms with Crippen LogP contribution >= 0.6 is 0 Å². The molecule has 136 valence electrons. The molecule has 3 N–H and O–H groups in total. The maximum Gasteiger partial charge on any atom is 2.00 e. The molecule has 0 aliphatic carbocycles. The average molecular weight is 466 g/mol. The summed E-state index contributed by atoms with van der Waals surface area (Å²) in [4.78, 5) is 3.51. The van der Waals surface area contributed by atoms with Gasteiger partial charge in [0.2, 0.25) is 0 Å². The summed E-state index contributed by atoms with van der Waals surface area (Å²) in [5.74, 6) is 0. The molecule has 13 heteroatoms. The molecule has 0 saturated heterocycles. The van der Waals surface area contributed by atoms with Gasteiger partial charge in [0.15, 0.2) is 0 Å². The number of benzene rings is 1. The summed E-state index contributed by atoms with van der Waals surface area (Å²) in [6.45, 7) is 3.41. The van der Waals surface area contributed by atoms with Crippen molar-refractivity contribution >= 4 is 62.8 Å². The summed E-state index contributed by atoms with van der Waals surface area (Å²) in [7, 11) is -2.69. The van der Waals surface area contributed by atoms with Gasteiger partial charge in [0, 0.05) is 17.9 Å². The van der Waals surface area contributed by atoms with E-state index in [0.717, 1.165) is 0 Å². The first-order valence-electron chi connectivity index (χ1n) is 6.71. The molecule has 0 aromatic heterocycles. The normalized spacial score (nSPS) is 13.8. The molecule has 1 aromatic rings. The number of hydrogen-bond acceptors (Lipinski definition) is 8. The van der Waals surface area contributed by atoms with Gasteiger partial charge in [-0.1, -0.05) is 0 Å². The first-order chi connectivity index (χ1) is 11.6. The Labute approximate surface area is 175 Å². The number of rotatable bonds is 5. The number of nitrogens with one attached hydrogen (secondary N) is 2. The van der Waals surface area contributed by atoms with Crippen molar-refractivity contribution in [3.63, 3.8) is 0 Å². The number of amidine groups is 2. The Morgan fingerprint density at radius 1 is 1.04 bits per heavy atom. The van der Waals surface area contributed by atoms with Gasteiger partial charge in [0.25, 0.3) is 10.1 Å². The van der Waals surface area contributed by atoms with E-state index in [2.05, 4.69) is 31.0 Å². The van der Waals surface area contributed by atoms with Crippen LogP contribution in [0.15, 0.2) is 49.5 Å². The molecular formula is C13H16N6O3S3Zn. The van der Waals surface area contributed by atoms with Gasteiger partial charge in [-0.05, 0) is 43.3 Å². The third-order valence-corrected chi connectivity index (χ3v) is 4.07. The summed E-state index contributed by atoms with van der Waals surface area (Å²) in [6.07, 6.45) is 0. The van der Waals surface area contributed by atoms with Crippen molar-refractivity contribution < 1.29 is 32.4 Å². The Kier molecular flexibility index (Phi) is 10.6. The predicted molar refractivity (Wildman–Crippen MR) is 105 cm³/mol. The van der Waals surface area contributed by atoms with Gasteiger partial charge in [-0.3, -0.25) is 15.0 Å². The molecule has 0 aliphatic heterocycles. The first kappa shape index (κ1) is 24.5. The molecule has 0 bridgehead atoms. The average Bonchev–Trinajstić information content (AvgIpc) is 2.56. The number of nitrogens with zero attached hydrogens (tertiary/aromatic N) is 4. The first-order valence-corrected chi connectivity index (χ1v) is 8.97. The van der Waals surface area contributed by atoms with Crippen molar-refractivity contribution in [3.8, 4) is 0 Å². The standard InChI is InChI=1S/C13H18N6O3S3.Zn/c1-8(16-18-12(23)14-3)9(2)17-19-13(24)15-10-4-6-11(7-5-10)25(20,21)22;/h4-7H,1-3H3,(H2,14,18,23)(H2,15,19,24)(H,20,21,22);/q;+2/p-2/b16-8+,17-9+;. The van der Waals surface area contributed by atoms with Crippen LogP contribution in [0.1, 0.15) is 13.8 Å². The number of aliphatic imine (C=N–C) groups is 1. The SMILES string of the molecule is CN=C([S-])N/N=C(C)/C(C)=N/N=C(\[S-])Nc1ccc(S(=O)(=O)O)cc1.[Zn+2]. The monoisotopic (exact) mass is 464 g/mol. The van der Waals surface area contributed by atoms with Crippen molar-refractivity contribution in [2.75, 3.05) is 12.4 Å². The molecule has 0 amide bonds. The minimum absolute atomic E-state index is 0. The van der Waals surface area contributed by atoms with E-state index < -0.39 is 10.1 Å². The summed E-state index contributed by atoms with van der Waals surface area (Å²) in [5, 5.41) is 14.8. The van der Waals surface area contributed by atoms with Crippen molar-refractivity contribution in [3.05, 3.63) is 24.3 Å². The molecule has 1 rings (SSSR count). The molecule has 0 aliphatic rings. The molecule has 26 heavy (non-hydrogen) atoms. The van der Waals surface area contributed by atoms with Crippen LogP contribution in [-0.2, 0) is 54.9 Å². The molecule has 0 atom stereocenters. The van der Waals surface area contributed by atoms with Crippen molar-refractivity contribution in [1.82, 2.24) is 5.43 Å². The van der Waals surface area contributed by atoms with Gasteiger partial charge in [-0.15, -0.1) is 0 Å². The third-order valence-electron chi connectivity index (χ3n) is 2.74. The zero-order chi connectivity index (χ0) is 19.0. The van der Waals surface area contributed by atoms with E-state index in [4.69, 9.17) is 29.8 Å². The fourth-order valence-electron chi connectivity index (χ4n) is 1.31. The van der Waals surface area contributed by atoms with E-state index in [9.17, 15) is 8.42 Å². The van der Waals surface area contributed by atoms with Crippen LogP contribution < -0.4 is 10.7 Å². The van der Waals surface area contributed by atoms with Crippen LogP contribution in [0.2, 0.25) is 0 Å². The zero-order valence-electron chi connectivity index (χ0n) is 14.3. The Balaban J connectivity index is 0.00000625. The molecule has 0 spiro atoms. The minimum atomic E-state index is -4.23. The largest absolute Gasteiger partial charge is 2.00 e. The minimum Gasteiger partial charge on any atom is -0.741 e. The second-order valence-corrected chi connectivity index (χ2v) is 6.75. The van der Waals surface area contributed by atoms with E-state index in [-0.39, 0.29) is 34.7 Å². The topological polar surface area (TPSA) is 128 Å². The van der Waals surface area contributed by atoms with Gasteiger partial charge in [-0.2, -0.15) is 23.7 Å². The van der Waals surface area contributed by atoms with Crippen LogP contribution in [0.25, 0.3) is 0 Å².